The molecule has 1 heterocycles. The van der Waals surface area contributed by atoms with Crippen molar-refractivity contribution >= 4 is 5.57 Å². The Hall–Kier alpha value is -1.09. The van der Waals surface area contributed by atoms with E-state index in [1.54, 1.807) is 0 Å². The molecule has 3 nitrogen and oxygen atoms in total. The molecule has 2 rings (SSSR count). The molecule has 0 radical (unpaired) electrons. The van der Waals surface area contributed by atoms with E-state index < -0.39 is 0 Å². The minimum Gasteiger partial charge on any atom is -0.389 e. The zero-order valence-corrected chi connectivity index (χ0v) is 7.77. The van der Waals surface area contributed by atoms with E-state index in [2.05, 4.69) is 12.0 Å². The van der Waals surface area contributed by atoms with Gasteiger partial charge in [0.1, 0.15) is 0 Å². The number of hydrogen-bond donors (Lipinski definition) is 1. The van der Waals surface area contributed by atoms with Gasteiger partial charge >= 0.3 is 0 Å². The number of rotatable bonds is 2. The molecule has 0 saturated heterocycles. The van der Waals surface area contributed by atoms with E-state index in [1.807, 2.05) is 23.0 Å². The molecule has 0 aliphatic heterocycles. The van der Waals surface area contributed by atoms with E-state index in [0.717, 1.165) is 25.1 Å². The Kier molecular flexibility index (Phi) is 2.19. The van der Waals surface area contributed by atoms with Crippen molar-refractivity contribution in [3.63, 3.8) is 0 Å². The Labute approximate surface area is 77.7 Å². The molecule has 0 bridgehead atoms. The van der Waals surface area contributed by atoms with Gasteiger partial charge in [0, 0.05) is 12.7 Å². The molecule has 1 aliphatic carbocycles. The third-order valence-electron chi connectivity index (χ3n) is 2.45. The molecule has 1 atom stereocenters. The van der Waals surface area contributed by atoms with Crippen molar-refractivity contribution < 1.29 is 5.11 Å². The van der Waals surface area contributed by atoms with Crippen LogP contribution in [0.3, 0.4) is 0 Å². The molecule has 0 saturated carbocycles. The largest absolute Gasteiger partial charge is 0.389 e. The first-order valence-corrected chi connectivity index (χ1v) is 4.72. The minimum atomic E-state index is -0.254. The number of aliphatic hydroxyl groups excluding tert-OH is 1. The van der Waals surface area contributed by atoms with Gasteiger partial charge in [-0.05, 0) is 31.4 Å². The third kappa shape index (κ3) is 1.52. The highest BCUT2D eigenvalue weighted by Gasteiger charge is 2.16. The molecule has 1 unspecified atom stereocenters. The highest BCUT2D eigenvalue weighted by molar-refractivity contribution is 5.65. The monoisotopic (exact) mass is 178 g/mol. The van der Waals surface area contributed by atoms with E-state index in [1.165, 1.54) is 5.57 Å². The summed E-state index contributed by atoms with van der Waals surface area (Å²) in [6.45, 7) is 2.96. The van der Waals surface area contributed by atoms with Gasteiger partial charge in [0.05, 0.1) is 11.8 Å². The summed E-state index contributed by atoms with van der Waals surface area (Å²) in [5.74, 6) is 0. The number of aryl methyl sites for hydroxylation is 1. The van der Waals surface area contributed by atoms with Crippen molar-refractivity contribution in [3.05, 3.63) is 24.0 Å². The first-order chi connectivity index (χ1) is 6.31. The van der Waals surface area contributed by atoms with Crippen LogP contribution in [-0.4, -0.2) is 21.0 Å². The molecule has 1 aliphatic rings. The summed E-state index contributed by atoms with van der Waals surface area (Å²) >= 11 is 0. The average molecular weight is 178 g/mol. The average Bonchev–Trinajstić information content (AvgIpc) is 2.71. The highest BCUT2D eigenvalue weighted by atomic mass is 16.3. The van der Waals surface area contributed by atoms with Crippen molar-refractivity contribution in [2.75, 3.05) is 0 Å². The van der Waals surface area contributed by atoms with Crippen LogP contribution in [0.4, 0.5) is 0 Å². The zero-order valence-electron chi connectivity index (χ0n) is 7.77. The first kappa shape index (κ1) is 8.51. The maximum atomic E-state index is 9.36. The number of hydrogen-bond acceptors (Lipinski definition) is 2. The zero-order chi connectivity index (χ0) is 9.26. The maximum absolute atomic E-state index is 9.36. The van der Waals surface area contributed by atoms with Gasteiger partial charge in [0.15, 0.2) is 0 Å². The summed E-state index contributed by atoms with van der Waals surface area (Å²) in [7, 11) is 0. The van der Waals surface area contributed by atoms with Crippen molar-refractivity contribution in [3.8, 4) is 0 Å². The Morgan fingerprint density at radius 3 is 3.15 bits per heavy atom. The van der Waals surface area contributed by atoms with Crippen LogP contribution in [0.15, 0.2) is 18.3 Å². The Bertz CT molecular complexity index is 327. The van der Waals surface area contributed by atoms with Crippen molar-refractivity contribution in [1.29, 1.82) is 0 Å². The molecule has 1 aromatic rings. The summed E-state index contributed by atoms with van der Waals surface area (Å²) in [6, 6.07) is 2.01. The SMILES string of the molecule is CCn1nccc1C1=CC(O)CC1. The third-order valence-corrected chi connectivity index (χ3v) is 2.45. The van der Waals surface area contributed by atoms with Gasteiger partial charge in [-0.25, -0.2) is 0 Å². The molecule has 3 heteroatoms. The van der Waals surface area contributed by atoms with Crippen LogP contribution in [0.1, 0.15) is 25.5 Å². The van der Waals surface area contributed by atoms with Crippen LogP contribution in [-0.2, 0) is 6.54 Å². The lowest BCUT2D eigenvalue weighted by molar-refractivity contribution is 0.223. The van der Waals surface area contributed by atoms with Gasteiger partial charge in [-0.3, -0.25) is 4.68 Å². The summed E-state index contributed by atoms with van der Waals surface area (Å²) < 4.78 is 1.96. The predicted molar refractivity (Wildman–Crippen MR) is 51.1 cm³/mol. The van der Waals surface area contributed by atoms with Crippen molar-refractivity contribution in [2.24, 2.45) is 0 Å². The van der Waals surface area contributed by atoms with Gasteiger partial charge in [-0.2, -0.15) is 5.10 Å². The van der Waals surface area contributed by atoms with Gasteiger partial charge in [-0.1, -0.05) is 6.08 Å². The van der Waals surface area contributed by atoms with Crippen molar-refractivity contribution in [2.45, 2.75) is 32.4 Å². The molecule has 13 heavy (non-hydrogen) atoms. The standard InChI is InChI=1S/C10H14N2O/c1-2-12-10(5-6-11-12)8-3-4-9(13)7-8/h5-7,9,13H,2-4H2,1H3. The molecular weight excluding hydrogens is 164 g/mol. The van der Waals surface area contributed by atoms with Gasteiger partial charge in [0.2, 0.25) is 0 Å². The van der Waals surface area contributed by atoms with Crippen LogP contribution in [0.25, 0.3) is 5.57 Å². The predicted octanol–water partition coefficient (Wildman–Crippen LogP) is 1.44. The van der Waals surface area contributed by atoms with Crippen molar-refractivity contribution in [1.82, 2.24) is 9.78 Å². The maximum Gasteiger partial charge on any atom is 0.0730 e. The lowest BCUT2D eigenvalue weighted by Crippen LogP contribution is -2.00. The second kappa shape index (κ2) is 3.34. The fraction of sp³-hybridized carbons (Fsp3) is 0.500. The molecule has 1 N–H and O–H groups in total. The Balaban J connectivity index is 2.30. The normalized spacial score (nSPS) is 22.0. The number of allylic oxidation sites excluding steroid dienone is 1. The molecular formula is C10H14N2O. The van der Waals surface area contributed by atoms with E-state index in [-0.39, 0.29) is 6.10 Å². The van der Waals surface area contributed by atoms with E-state index in [4.69, 9.17) is 0 Å². The quantitative estimate of drug-likeness (QED) is 0.744. The van der Waals surface area contributed by atoms with Gasteiger partial charge in [-0.15, -0.1) is 0 Å². The van der Waals surface area contributed by atoms with Gasteiger partial charge < -0.3 is 5.11 Å². The topological polar surface area (TPSA) is 38.0 Å². The van der Waals surface area contributed by atoms with Gasteiger partial charge in [0.25, 0.3) is 0 Å². The Morgan fingerprint density at radius 2 is 2.54 bits per heavy atom. The molecule has 0 spiro atoms. The lowest BCUT2D eigenvalue weighted by Gasteiger charge is -2.04. The van der Waals surface area contributed by atoms with Crippen LogP contribution < -0.4 is 0 Å². The number of nitrogens with zero attached hydrogens (tertiary/aromatic N) is 2. The summed E-state index contributed by atoms with van der Waals surface area (Å²) in [5.41, 5.74) is 2.38. The highest BCUT2D eigenvalue weighted by Crippen LogP contribution is 2.27. The lowest BCUT2D eigenvalue weighted by atomic mass is 10.2. The number of aromatic nitrogens is 2. The summed E-state index contributed by atoms with van der Waals surface area (Å²) in [4.78, 5) is 0. The first-order valence-electron chi connectivity index (χ1n) is 4.72. The summed E-state index contributed by atoms with van der Waals surface area (Å²) in [5, 5.41) is 13.6. The van der Waals surface area contributed by atoms with E-state index in [9.17, 15) is 5.11 Å². The fourth-order valence-corrected chi connectivity index (χ4v) is 1.77. The summed E-state index contributed by atoms with van der Waals surface area (Å²) in [6.07, 6.45) is 5.31. The smallest absolute Gasteiger partial charge is 0.0730 e. The molecule has 0 amide bonds. The van der Waals surface area contributed by atoms with E-state index >= 15 is 0 Å². The van der Waals surface area contributed by atoms with Crippen LogP contribution in [0.5, 0.6) is 0 Å². The van der Waals surface area contributed by atoms with E-state index in [0.29, 0.717) is 0 Å². The Morgan fingerprint density at radius 1 is 1.69 bits per heavy atom. The fourth-order valence-electron chi connectivity index (χ4n) is 1.77. The molecule has 0 aromatic carbocycles. The molecule has 0 fully saturated rings. The minimum absolute atomic E-state index is 0.254. The van der Waals surface area contributed by atoms with Crippen LogP contribution in [0.2, 0.25) is 0 Å². The molecule has 1 aromatic heterocycles. The second-order valence-corrected chi connectivity index (χ2v) is 3.33. The second-order valence-electron chi connectivity index (χ2n) is 3.33. The number of aliphatic hydroxyl groups is 1. The molecule has 70 valence electrons. The van der Waals surface area contributed by atoms with Crippen LogP contribution in [0, 0.1) is 0 Å². The van der Waals surface area contributed by atoms with Crippen LogP contribution >= 0.6 is 0 Å².